The monoisotopic (exact) mass is 575 g/mol. The molecule has 2 aromatic carbocycles. The molecule has 1 saturated heterocycles. The van der Waals surface area contributed by atoms with Gasteiger partial charge in [0.05, 0.1) is 29.7 Å². The number of alkyl halides is 3. The maximum atomic E-state index is 13.9. The van der Waals surface area contributed by atoms with Crippen molar-refractivity contribution in [2.75, 3.05) is 11.4 Å². The van der Waals surface area contributed by atoms with Crippen LogP contribution in [-0.2, 0) is 16.6 Å². The standard InChI is InChI=1S/C26H24F3N5O3S2/c1-16-6-8-19(9-7-16)39(36,37)34-11-10-18(26(27,28)29)12-21(34)20-5-3-2-4-17(20)13-33-22(14-38)32-25(35)23-24(33)31-15-30-23/h2-9,15,18,21H,10-13H2,1H3,(H,30,31)(H,32,35)/t18-,21+/m1/s1. The molecule has 1 aromatic heterocycles. The van der Waals surface area contributed by atoms with Crippen molar-refractivity contribution in [1.82, 2.24) is 19.6 Å². The number of rotatable bonds is 5. The van der Waals surface area contributed by atoms with Gasteiger partial charge in [0.15, 0.2) is 11.6 Å². The fourth-order valence-electron chi connectivity index (χ4n) is 5.07. The van der Waals surface area contributed by atoms with Crippen molar-refractivity contribution in [3.63, 3.8) is 0 Å². The minimum atomic E-state index is -4.47. The highest BCUT2D eigenvalue weighted by molar-refractivity contribution is 7.89. The Morgan fingerprint density at radius 3 is 2.56 bits per heavy atom. The Labute approximate surface area is 228 Å². The highest BCUT2D eigenvalue weighted by Crippen LogP contribution is 2.45. The molecule has 3 aromatic rings. The zero-order valence-corrected chi connectivity index (χ0v) is 22.3. The summed E-state index contributed by atoms with van der Waals surface area (Å²) in [5.41, 5.74) is 2.04. The van der Waals surface area contributed by atoms with Crippen LogP contribution in [0.5, 0.6) is 0 Å². The Bertz CT molecular complexity index is 1560. The van der Waals surface area contributed by atoms with Gasteiger partial charge in [0, 0.05) is 6.54 Å². The number of carbonyl (C=O) groups excluding carboxylic acids is 1. The molecule has 13 heteroatoms. The van der Waals surface area contributed by atoms with E-state index in [-0.39, 0.29) is 41.7 Å². The van der Waals surface area contributed by atoms with Crippen LogP contribution in [0.15, 0.2) is 65.6 Å². The van der Waals surface area contributed by atoms with Crippen molar-refractivity contribution in [3.8, 4) is 0 Å². The molecule has 8 nitrogen and oxygen atoms in total. The summed E-state index contributed by atoms with van der Waals surface area (Å²) in [6.45, 7) is 1.59. The van der Waals surface area contributed by atoms with E-state index in [1.807, 2.05) is 6.92 Å². The van der Waals surface area contributed by atoms with E-state index >= 15 is 0 Å². The Kier molecular flexibility index (Phi) is 7.10. The summed E-state index contributed by atoms with van der Waals surface area (Å²) in [4.78, 5) is 21.0. The molecule has 2 aliphatic heterocycles. The quantitative estimate of drug-likeness (QED) is 0.431. The number of thiocarbonyl (C=S) groups is 1. The minimum Gasteiger partial charge on any atom is -0.339 e. The number of benzene rings is 2. The van der Waals surface area contributed by atoms with Crippen LogP contribution in [0.4, 0.5) is 19.0 Å². The summed E-state index contributed by atoms with van der Waals surface area (Å²) in [6.07, 6.45) is -3.88. The van der Waals surface area contributed by atoms with Gasteiger partial charge in [-0.25, -0.2) is 13.4 Å². The fourth-order valence-corrected chi connectivity index (χ4v) is 6.86. The summed E-state index contributed by atoms with van der Waals surface area (Å²) in [5, 5.41) is 5.13. The number of anilines is 1. The smallest absolute Gasteiger partial charge is 0.339 e. The van der Waals surface area contributed by atoms with E-state index in [2.05, 4.69) is 20.3 Å². The second-order valence-corrected chi connectivity index (χ2v) is 11.6. The van der Waals surface area contributed by atoms with Crippen molar-refractivity contribution in [2.45, 2.75) is 43.4 Å². The van der Waals surface area contributed by atoms with E-state index in [1.54, 1.807) is 41.3 Å². The van der Waals surface area contributed by atoms with Crippen LogP contribution in [0.1, 0.15) is 46.1 Å². The molecule has 1 fully saturated rings. The van der Waals surface area contributed by atoms with Crippen molar-refractivity contribution in [3.05, 3.63) is 83.1 Å². The molecular weight excluding hydrogens is 551 g/mol. The maximum Gasteiger partial charge on any atom is 0.391 e. The number of nitrogens with zero attached hydrogens (tertiary/aromatic N) is 3. The summed E-state index contributed by atoms with van der Waals surface area (Å²) in [6, 6.07) is 11.9. The lowest BCUT2D eigenvalue weighted by Gasteiger charge is -2.40. The van der Waals surface area contributed by atoms with Crippen LogP contribution in [0.25, 0.3) is 0 Å². The van der Waals surface area contributed by atoms with Crippen molar-refractivity contribution in [2.24, 2.45) is 5.92 Å². The van der Waals surface area contributed by atoms with Gasteiger partial charge < -0.3 is 4.98 Å². The first-order valence-corrected chi connectivity index (χ1v) is 14.0. The molecule has 0 unspecified atom stereocenters. The SMILES string of the molecule is Cc1ccc(S(=O)(=O)N2CC[C@@H](C(F)(F)F)C[C@H]2c2ccccc2CN2C(=C=S)NC(=O)c3[nH]cnc32)cc1. The number of carbonyl (C=O) groups is 1. The van der Waals surface area contributed by atoms with Crippen LogP contribution in [0.3, 0.4) is 0 Å². The van der Waals surface area contributed by atoms with Gasteiger partial charge in [0.2, 0.25) is 10.0 Å². The molecule has 0 aliphatic carbocycles. The average molecular weight is 576 g/mol. The van der Waals surface area contributed by atoms with Gasteiger partial charge >= 0.3 is 6.18 Å². The number of aromatic amines is 1. The molecule has 3 heterocycles. The average Bonchev–Trinajstić information content (AvgIpc) is 3.41. The number of hydrogen-bond acceptors (Lipinski definition) is 6. The number of amides is 1. The Morgan fingerprint density at radius 1 is 1.15 bits per heavy atom. The third-order valence-electron chi connectivity index (χ3n) is 7.09. The molecule has 0 saturated carbocycles. The van der Waals surface area contributed by atoms with Gasteiger partial charge in [0.1, 0.15) is 5.69 Å². The number of nitrogens with one attached hydrogen (secondary N) is 2. The van der Waals surface area contributed by atoms with Crippen LogP contribution in [0.2, 0.25) is 0 Å². The Balaban J connectivity index is 1.58. The molecule has 2 atom stereocenters. The lowest BCUT2D eigenvalue weighted by atomic mass is 9.86. The number of sulfonamides is 1. The number of halogens is 3. The number of H-pyrrole nitrogens is 1. The molecule has 0 radical (unpaired) electrons. The van der Waals surface area contributed by atoms with E-state index in [0.717, 1.165) is 5.56 Å². The molecule has 204 valence electrons. The largest absolute Gasteiger partial charge is 0.391 e. The van der Waals surface area contributed by atoms with Gasteiger partial charge in [-0.2, -0.15) is 17.5 Å². The zero-order valence-electron chi connectivity index (χ0n) is 20.7. The first-order chi connectivity index (χ1) is 18.5. The molecule has 5 rings (SSSR count). The third-order valence-corrected chi connectivity index (χ3v) is 9.20. The van der Waals surface area contributed by atoms with Crippen LogP contribution >= 0.6 is 12.2 Å². The van der Waals surface area contributed by atoms with E-state index in [1.165, 1.54) is 22.8 Å². The molecule has 0 spiro atoms. The van der Waals surface area contributed by atoms with Gasteiger partial charge in [-0.1, -0.05) is 42.0 Å². The van der Waals surface area contributed by atoms with E-state index < -0.39 is 40.5 Å². The molecule has 2 aliphatic rings. The van der Waals surface area contributed by atoms with Gasteiger partial charge in [-0.3, -0.25) is 15.0 Å². The van der Waals surface area contributed by atoms with Gasteiger partial charge in [0.25, 0.3) is 5.91 Å². The lowest BCUT2D eigenvalue weighted by molar-refractivity contribution is -0.187. The Hall–Kier alpha value is -3.51. The zero-order chi connectivity index (χ0) is 27.9. The van der Waals surface area contributed by atoms with Crippen LogP contribution in [0, 0.1) is 12.8 Å². The minimum absolute atomic E-state index is 0.0203. The number of imidazole rings is 1. The molecule has 39 heavy (non-hydrogen) atoms. The van der Waals surface area contributed by atoms with E-state index in [0.29, 0.717) is 11.1 Å². The predicted molar refractivity (Wildman–Crippen MR) is 141 cm³/mol. The number of fused-ring (bicyclic) bond motifs is 1. The summed E-state index contributed by atoms with van der Waals surface area (Å²) in [5.74, 6) is -1.68. The molecule has 1 amide bonds. The normalized spacial score (nSPS) is 20.4. The predicted octanol–water partition coefficient (Wildman–Crippen LogP) is 4.61. The van der Waals surface area contributed by atoms with Gasteiger partial charge in [-0.15, -0.1) is 0 Å². The van der Waals surface area contributed by atoms with Crippen LogP contribution < -0.4 is 10.2 Å². The van der Waals surface area contributed by atoms with Crippen LogP contribution in [-0.4, -0.2) is 46.3 Å². The van der Waals surface area contributed by atoms with Crippen molar-refractivity contribution >= 4 is 39.0 Å². The maximum absolute atomic E-state index is 13.9. The van der Waals surface area contributed by atoms with Gasteiger partial charge in [-0.05, 0) is 60.3 Å². The van der Waals surface area contributed by atoms with E-state index in [4.69, 9.17) is 12.2 Å². The summed E-state index contributed by atoms with van der Waals surface area (Å²) < 4.78 is 70.4. The van der Waals surface area contributed by atoms with Crippen molar-refractivity contribution < 1.29 is 26.4 Å². The topological polar surface area (TPSA) is 98.4 Å². The van der Waals surface area contributed by atoms with Crippen molar-refractivity contribution in [1.29, 1.82) is 0 Å². The second-order valence-electron chi connectivity index (χ2n) is 9.50. The number of aromatic nitrogens is 2. The van der Waals surface area contributed by atoms with E-state index in [9.17, 15) is 26.4 Å². The highest BCUT2D eigenvalue weighted by Gasteiger charge is 2.48. The number of hydrogen-bond donors (Lipinski definition) is 2. The molecular formula is C26H24F3N5O3S2. The third kappa shape index (κ3) is 5.10. The summed E-state index contributed by atoms with van der Waals surface area (Å²) in [7, 11) is -4.11. The lowest BCUT2D eigenvalue weighted by Crippen LogP contribution is -2.45. The second kappa shape index (κ2) is 10.2. The Morgan fingerprint density at radius 2 is 1.87 bits per heavy atom. The summed E-state index contributed by atoms with van der Waals surface area (Å²) >= 11 is 4.97. The number of aryl methyl sites for hydroxylation is 1. The fraction of sp³-hybridized carbons (Fsp3) is 0.308. The number of piperidine rings is 1. The highest BCUT2D eigenvalue weighted by atomic mass is 32.2. The first-order valence-electron chi connectivity index (χ1n) is 12.1. The molecule has 2 N–H and O–H groups in total. The first kappa shape index (κ1) is 27.1. The molecule has 0 bridgehead atoms.